The van der Waals surface area contributed by atoms with E-state index in [1.807, 2.05) is 54.6 Å². The van der Waals surface area contributed by atoms with Crippen LogP contribution in [0.2, 0.25) is 0 Å². The minimum absolute atomic E-state index is 0.0265. The van der Waals surface area contributed by atoms with Gasteiger partial charge in [0.2, 0.25) is 5.82 Å². The van der Waals surface area contributed by atoms with Crippen LogP contribution in [0.4, 0.5) is 0 Å². The monoisotopic (exact) mass is 338 g/mol. The zero-order valence-electron chi connectivity index (χ0n) is 13.8. The number of carbonyl (C=O) groups excluding carboxylic acids is 1. The van der Waals surface area contributed by atoms with E-state index < -0.39 is 0 Å². The first kappa shape index (κ1) is 16.7. The summed E-state index contributed by atoms with van der Waals surface area (Å²) in [5.74, 6) is 1.23. The average molecular weight is 338 g/mol. The van der Waals surface area contributed by atoms with Crippen LogP contribution in [0.25, 0.3) is 11.4 Å². The molecule has 0 saturated carbocycles. The first-order valence-electron chi connectivity index (χ1n) is 7.91. The molecule has 0 atom stereocenters. The standard InChI is InChI=1S/C19H18N2O4/c1-23-16-10-7-14(8-11-16)9-12-18(22)24-13-17-20-19(21-25-17)15-5-3-2-4-6-15/h2-8,10-11H,9,12-13H2,1H3. The van der Waals surface area contributed by atoms with E-state index in [0.717, 1.165) is 16.9 Å². The van der Waals surface area contributed by atoms with E-state index in [-0.39, 0.29) is 24.9 Å². The predicted molar refractivity (Wildman–Crippen MR) is 90.8 cm³/mol. The first-order chi connectivity index (χ1) is 12.2. The maximum absolute atomic E-state index is 11.9. The summed E-state index contributed by atoms with van der Waals surface area (Å²) in [5, 5.41) is 3.89. The molecule has 3 aromatic rings. The highest BCUT2D eigenvalue weighted by molar-refractivity contribution is 5.69. The molecule has 0 unspecified atom stereocenters. The Kier molecular flexibility index (Phi) is 5.41. The molecule has 0 radical (unpaired) electrons. The van der Waals surface area contributed by atoms with Crippen LogP contribution in [-0.4, -0.2) is 23.2 Å². The second-order valence-corrected chi connectivity index (χ2v) is 5.39. The van der Waals surface area contributed by atoms with Gasteiger partial charge in [0.25, 0.3) is 5.89 Å². The Hall–Kier alpha value is -3.15. The third-order valence-corrected chi connectivity index (χ3v) is 3.63. The summed E-state index contributed by atoms with van der Waals surface area (Å²) in [6, 6.07) is 17.1. The molecular formula is C19H18N2O4. The van der Waals surface area contributed by atoms with E-state index in [1.165, 1.54) is 0 Å². The van der Waals surface area contributed by atoms with Gasteiger partial charge < -0.3 is 14.0 Å². The van der Waals surface area contributed by atoms with Gasteiger partial charge >= 0.3 is 5.97 Å². The number of rotatable bonds is 7. The third-order valence-electron chi connectivity index (χ3n) is 3.63. The molecule has 2 aromatic carbocycles. The van der Waals surface area contributed by atoms with Gasteiger partial charge in [0, 0.05) is 12.0 Å². The summed E-state index contributed by atoms with van der Waals surface area (Å²) >= 11 is 0. The smallest absolute Gasteiger partial charge is 0.306 e. The topological polar surface area (TPSA) is 74.5 Å². The van der Waals surface area contributed by atoms with Gasteiger partial charge in [-0.2, -0.15) is 4.98 Å². The summed E-state index contributed by atoms with van der Waals surface area (Å²) in [6.07, 6.45) is 0.883. The van der Waals surface area contributed by atoms with Crippen LogP contribution in [0, 0.1) is 0 Å². The van der Waals surface area contributed by atoms with Gasteiger partial charge in [-0.05, 0) is 24.1 Å². The maximum atomic E-state index is 11.9. The summed E-state index contributed by atoms with van der Waals surface area (Å²) < 4.78 is 15.4. The number of nitrogens with zero attached hydrogens (tertiary/aromatic N) is 2. The summed E-state index contributed by atoms with van der Waals surface area (Å²) in [6.45, 7) is -0.0265. The molecule has 0 saturated heterocycles. The Bertz CT molecular complexity index is 813. The molecule has 1 aromatic heterocycles. The lowest BCUT2D eigenvalue weighted by molar-refractivity contribution is -0.145. The number of benzene rings is 2. The summed E-state index contributed by atoms with van der Waals surface area (Å²) in [5.41, 5.74) is 1.89. The fourth-order valence-corrected chi connectivity index (χ4v) is 2.27. The minimum Gasteiger partial charge on any atom is -0.497 e. The van der Waals surface area contributed by atoms with Crippen molar-refractivity contribution >= 4 is 5.97 Å². The van der Waals surface area contributed by atoms with E-state index in [0.29, 0.717) is 12.2 Å². The minimum atomic E-state index is -0.310. The van der Waals surface area contributed by atoms with E-state index in [9.17, 15) is 4.79 Å². The molecular weight excluding hydrogens is 320 g/mol. The van der Waals surface area contributed by atoms with Crippen LogP contribution < -0.4 is 4.74 Å². The third kappa shape index (κ3) is 4.67. The molecule has 3 rings (SSSR count). The van der Waals surface area contributed by atoms with E-state index in [2.05, 4.69) is 10.1 Å². The molecule has 6 heteroatoms. The molecule has 0 amide bonds. The van der Waals surface area contributed by atoms with Crippen molar-refractivity contribution in [3.8, 4) is 17.1 Å². The Morgan fingerprint density at radius 3 is 2.56 bits per heavy atom. The van der Waals surface area contributed by atoms with Gasteiger partial charge in [-0.1, -0.05) is 47.6 Å². The molecule has 0 N–H and O–H groups in total. The molecule has 0 bridgehead atoms. The van der Waals surface area contributed by atoms with E-state index in [4.69, 9.17) is 14.0 Å². The van der Waals surface area contributed by atoms with Crippen molar-refractivity contribution in [1.29, 1.82) is 0 Å². The number of hydrogen-bond acceptors (Lipinski definition) is 6. The second-order valence-electron chi connectivity index (χ2n) is 5.39. The molecule has 0 aliphatic carbocycles. The molecule has 6 nitrogen and oxygen atoms in total. The quantitative estimate of drug-likeness (QED) is 0.615. The van der Waals surface area contributed by atoms with Gasteiger partial charge in [0.1, 0.15) is 5.75 Å². The number of carbonyl (C=O) groups is 1. The molecule has 128 valence electrons. The highest BCUT2D eigenvalue weighted by Gasteiger charge is 2.11. The highest BCUT2D eigenvalue weighted by Crippen LogP contribution is 2.16. The number of aryl methyl sites for hydroxylation is 1. The summed E-state index contributed by atoms with van der Waals surface area (Å²) in [7, 11) is 1.62. The zero-order valence-corrected chi connectivity index (χ0v) is 13.8. The van der Waals surface area contributed by atoms with Crippen molar-refractivity contribution in [2.24, 2.45) is 0 Å². The predicted octanol–water partition coefficient (Wildman–Crippen LogP) is 3.42. The molecule has 0 aliphatic heterocycles. The highest BCUT2D eigenvalue weighted by atomic mass is 16.6. The normalized spacial score (nSPS) is 10.4. The molecule has 1 heterocycles. The van der Waals surface area contributed by atoms with Crippen LogP contribution in [0.1, 0.15) is 17.9 Å². The fourth-order valence-electron chi connectivity index (χ4n) is 2.27. The van der Waals surface area contributed by atoms with Crippen LogP contribution in [0.5, 0.6) is 5.75 Å². The van der Waals surface area contributed by atoms with Crippen molar-refractivity contribution < 1.29 is 18.8 Å². The Balaban J connectivity index is 1.46. The van der Waals surface area contributed by atoms with Gasteiger partial charge in [-0.3, -0.25) is 4.79 Å². The van der Waals surface area contributed by atoms with Crippen molar-refractivity contribution in [3.05, 3.63) is 66.1 Å². The molecule has 25 heavy (non-hydrogen) atoms. The number of hydrogen-bond donors (Lipinski definition) is 0. The lowest BCUT2D eigenvalue weighted by Crippen LogP contribution is -2.06. The van der Waals surface area contributed by atoms with Crippen LogP contribution in [0.15, 0.2) is 59.1 Å². The zero-order chi connectivity index (χ0) is 17.5. The second kappa shape index (κ2) is 8.10. The first-order valence-corrected chi connectivity index (χ1v) is 7.91. The molecule has 0 fully saturated rings. The maximum Gasteiger partial charge on any atom is 0.306 e. The lowest BCUT2D eigenvalue weighted by atomic mass is 10.1. The van der Waals surface area contributed by atoms with E-state index in [1.54, 1.807) is 7.11 Å². The van der Waals surface area contributed by atoms with Crippen molar-refractivity contribution in [2.75, 3.05) is 7.11 Å². The van der Waals surface area contributed by atoms with Crippen LogP contribution in [0.3, 0.4) is 0 Å². The van der Waals surface area contributed by atoms with Crippen LogP contribution >= 0.6 is 0 Å². The van der Waals surface area contributed by atoms with Crippen molar-refractivity contribution in [2.45, 2.75) is 19.4 Å². The van der Waals surface area contributed by atoms with Gasteiger partial charge in [-0.25, -0.2) is 0 Å². The largest absolute Gasteiger partial charge is 0.497 e. The van der Waals surface area contributed by atoms with Crippen molar-refractivity contribution in [3.63, 3.8) is 0 Å². The van der Waals surface area contributed by atoms with Crippen molar-refractivity contribution in [1.82, 2.24) is 10.1 Å². The Morgan fingerprint density at radius 2 is 1.84 bits per heavy atom. The van der Waals surface area contributed by atoms with Gasteiger partial charge in [-0.15, -0.1) is 0 Å². The van der Waals surface area contributed by atoms with Gasteiger partial charge in [0.15, 0.2) is 6.61 Å². The summed E-state index contributed by atoms with van der Waals surface area (Å²) in [4.78, 5) is 16.1. The number of ether oxygens (including phenoxy) is 2. The SMILES string of the molecule is COc1ccc(CCC(=O)OCc2nc(-c3ccccc3)no2)cc1. The van der Waals surface area contributed by atoms with Gasteiger partial charge in [0.05, 0.1) is 7.11 Å². The van der Waals surface area contributed by atoms with E-state index >= 15 is 0 Å². The lowest BCUT2D eigenvalue weighted by Gasteiger charge is -2.04. The Morgan fingerprint density at radius 1 is 1.08 bits per heavy atom. The molecule has 0 spiro atoms. The number of esters is 1. The molecule has 0 aliphatic rings. The average Bonchev–Trinajstić information content (AvgIpc) is 3.15. The van der Waals surface area contributed by atoms with Crippen LogP contribution in [-0.2, 0) is 22.6 Å². The fraction of sp³-hybridized carbons (Fsp3) is 0.211. The number of aromatic nitrogens is 2. The number of methoxy groups -OCH3 is 1. The Labute approximate surface area is 145 Å².